The summed E-state index contributed by atoms with van der Waals surface area (Å²) in [6, 6.07) is 8.56. The van der Waals surface area contributed by atoms with E-state index in [4.69, 9.17) is 4.37 Å². The molecule has 3 aliphatic carbocycles. The summed E-state index contributed by atoms with van der Waals surface area (Å²) in [7, 11) is 0. The van der Waals surface area contributed by atoms with E-state index in [-0.39, 0.29) is 0 Å². The molecular weight excluding hydrogens is 456 g/mol. The van der Waals surface area contributed by atoms with Crippen molar-refractivity contribution in [1.82, 2.24) is 13.8 Å². The minimum Gasteiger partial charge on any atom is -0.494 e. The van der Waals surface area contributed by atoms with Gasteiger partial charge in [0, 0.05) is 55.8 Å². The quantitative estimate of drug-likeness (QED) is 0.492. The van der Waals surface area contributed by atoms with E-state index in [9.17, 15) is 10.2 Å². The lowest BCUT2D eigenvalue weighted by Gasteiger charge is -2.40. The fraction of sp³-hybridized carbons (Fsp3) is 0.607. The zero-order valence-electron chi connectivity index (χ0n) is 20.4. The number of hydrogen-bond acceptors (Lipinski definition) is 6. The maximum atomic E-state index is 11.1. The Bertz CT molecular complexity index is 1190. The summed E-state index contributed by atoms with van der Waals surface area (Å²) in [4.78, 5) is 5.10. The van der Waals surface area contributed by atoms with Crippen LogP contribution in [0.4, 0.5) is 5.82 Å². The largest absolute Gasteiger partial charge is 0.494 e. The van der Waals surface area contributed by atoms with Gasteiger partial charge in [0.1, 0.15) is 5.82 Å². The first-order valence-corrected chi connectivity index (χ1v) is 14.4. The van der Waals surface area contributed by atoms with Gasteiger partial charge in [-0.2, -0.15) is 4.37 Å². The molecule has 7 heteroatoms. The predicted molar refractivity (Wildman–Crippen MR) is 141 cm³/mol. The molecule has 186 valence electrons. The van der Waals surface area contributed by atoms with Crippen molar-refractivity contribution in [3.63, 3.8) is 0 Å². The number of rotatable bonds is 5. The van der Waals surface area contributed by atoms with Crippen molar-refractivity contribution in [2.45, 2.75) is 63.3 Å². The molecule has 0 unspecified atom stereocenters. The van der Waals surface area contributed by atoms with Crippen LogP contribution >= 0.6 is 11.5 Å². The van der Waals surface area contributed by atoms with Gasteiger partial charge in [0.2, 0.25) is 0 Å². The first-order valence-electron chi connectivity index (χ1n) is 13.6. The lowest BCUT2D eigenvalue weighted by atomic mass is 9.78. The Morgan fingerprint density at radius 2 is 1.49 bits per heavy atom. The van der Waals surface area contributed by atoms with Crippen molar-refractivity contribution >= 4 is 27.4 Å². The van der Waals surface area contributed by atoms with Gasteiger partial charge in [-0.25, -0.2) is 0 Å². The third-order valence-electron chi connectivity index (χ3n) is 9.54. The Morgan fingerprint density at radius 3 is 2.20 bits per heavy atom. The van der Waals surface area contributed by atoms with Gasteiger partial charge in [0.05, 0.1) is 4.70 Å². The summed E-state index contributed by atoms with van der Waals surface area (Å²) in [5, 5.41) is 23.4. The zero-order valence-corrected chi connectivity index (χ0v) is 21.2. The monoisotopic (exact) mass is 492 g/mol. The Morgan fingerprint density at radius 1 is 0.829 bits per heavy atom. The number of aromatic nitrogens is 2. The van der Waals surface area contributed by atoms with E-state index in [1.54, 1.807) is 11.5 Å². The number of fused-ring (bicyclic) bond motifs is 6. The number of hydrogen-bond donors (Lipinski definition) is 2. The summed E-state index contributed by atoms with van der Waals surface area (Å²) in [6.45, 7) is 6.10. The van der Waals surface area contributed by atoms with Crippen LogP contribution in [0, 0.1) is 11.8 Å². The molecule has 3 heterocycles. The molecule has 1 aromatic carbocycles. The van der Waals surface area contributed by atoms with Gasteiger partial charge in [0.25, 0.3) is 0 Å². The van der Waals surface area contributed by atoms with Crippen LogP contribution in [-0.2, 0) is 6.54 Å². The third kappa shape index (κ3) is 3.65. The first kappa shape index (κ1) is 22.0. The van der Waals surface area contributed by atoms with Crippen molar-refractivity contribution in [2.24, 2.45) is 11.8 Å². The molecule has 0 radical (unpaired) electrons. The summed E-state index contributed by atoms with van der Waals surface area (Å²) in [5.41, 5.74) is 2.16. The maximum Gasteiger partial charge on any atom is 0.197 e. The van der Waals surface area contributed by atoms with Crippen LogP contribution < -0.4 is 4.90 Å². The smallest absolute Gasteiger partial charge is 0.197 e. The normalized spacial score (nSPS) is 28.7. The standard InChI is InChI=1S/C28H36N4O2S/c33-27-24-18-9-10-19(15-18)25(24)28(34)32(27)17-21-6-2-1-5-20(21)16-30-11-13-31(14-12-30)26-22-7-3-4-8-23(22)35-29-26/h3-4,7-8,18-21,33-34H,1-2,5-6,9-17H2/t18-,19+,20-,21-/m1/s1. The summed E-state index contributed by atoms with van der Waals surface area (Å²) >= 11 is 1.60. The molecule has 2 bridgehead atoms. The highest BCUT2D eigenvalue weighted by Crippen LogP contribution is 2.60. The van der Waals surface area contributed by atoms with Crippen LogP contribution in [0.1, 0.15) is 67.9 Å². The number of aromatic hydroxyl groups is 2. The Balaban J connectivity index is 1.02. The first-order chi connectivity index (χ1) is 17.2. The summed E-state index contributed by atoms with van der Waals surface area (Å²) in [5.74, 6) is 3.98. The van der Waals surface area contributed by atoms with Gasteiger partial charge in [-0.1, -0.05) is 25.0 Å². The van der Waals surface area contributed by atoms with Crippen molar-refractivity contribution in [1.29, 1.82) is 0 Å². The van der Waals surface area contributed by atoms with Gasteiger partial charge in [-0.15, -0.1) is 0 Å². The molecule has 4 atom stereocenters. The van der Waals surface area contributed by atoms with Crippen LogP contribution in [0.5, 0.6) is 11.8 Å². The molecule has 35 heavy (non-hydrogen) atoms. The summed E-state index contributed by atoms with van der Waals surface area (Å²) in [6.07, 6.45) is 8.49. The van der Waals surface area contributed by atoms with Crippen LogP contribution in [-0.4, -0.2) is 56.8 Å². The van der Waals surface area contributed by atoms with E-state index in [1.165, 1.54) is 48.6 Å². The Hall–Kier alpha value is -2.25. The van der Waals surface area contributed by atoms with Gasteiger partial charge in [0.15, 0.2) is 11.8 Å². The average Bonchev–Trinajstić information content (AvgIpc) is 3.66. The minimum absolute atomic E-state index is 0.373. The van der Waals surface area contributed by atoms with Crippen molar-refractivity contribution < 1.29 is 10.2 Å². The van der Waals surface area contributed by atoms with Crippen LogP contribution in [0.15, 0.2) is 24.3 Å². The molecule has 3 fully saturated rings. The molecule has 1 saturated heterocycles. The SMILES string of the molecule is Oc1c2c(c(O)n1C[C@H]1CCCC[C@@H]1CN1CCN(c3nsc4ccccc34)CC1)[C@H]1CC[C@@H]2C1. The van der Waals surface area contributed by atoms with Crippen LogP contribution in [0.25, 0.3) is 10.1 Å². The predicted octanol–water partition coefficient (Wildman–Crippen LogP) is 5.50. The Kier molecular flexibility index (Phi) is 5.46. The van der Waals surface area contributed by atoms with Gasteiger partial charge in [-0.05, 0) is 79.4 Å². The maximum absolute atomic E-state index is 11.1. The number of piperazine rings is 1. The molecule has 2 N–H and O–H groups in total. The molecule has 7 rings (SSSR count). The number of anilines is 1. The second-order valence-electron chi connectivity index (χ2n) is 11.4. The lowest BCUT2D eigenvalue weighted by molar-refractivity contribution is 0.130. The topological polar surface area (TPSA) is 64.8 Å². The number of benzene rings is 1. The van der Waals surface area contributed by atoms with E-state index in [0.29, 0.717) is 35.4 Å². The van der Waals surface area contributed by atoms with E-state index < -0.39 is 0 Å². The van der Waals surface area contributed by atoms with Crippen LogP contribution in [0.3, 0.4) is 0 Å². The molecule has 4 aliphatic rings. The van der Waals surface area contributed by atoms with E-state index in [0.717, 1.165) is 62.6 Å². The van der Waals surface area contributed by atoms with Gasteiger partial charge >= 0.3 is 0 Å². The van der Waals surface area contributed by atoms with Crippen molar-refractivity contribution in [3.8, 4) is 11.8 Å². The molecule has 1 aliphatic heterocycles. The second-order valence-corrected chi connectivity index (χ2v) is 12.2. The second kappa shape index (κ2) is 8.70. The highest BCUT2D eigenvalue weighted by atomic mass is 32.1. The Labute approximate surface area is 211 Å². The highest BCUT2D eigenvalue weighted by molar-refractivity contribution is 7.13. The molecular formula is C28H36N4O2S. The van der Waals surface area contributed by atoms with E-state index in [1.807, 2.05) is 4.57 Å². The molecule has 2 aromatic heterocycles. The van der Waals surface area contributed by atoms with Crippen molar-refractivity contribution in [3.05, 3.63) is 35.4 Å². The zero-order chi connectivity index (χ0) is 23.5. The fourth-order valence-corrected chi connectivity index (χ4v) is 8.49. The van der Waals surface area contributed by atoms with Gasteiger partial charge in [-0.3, -0.25) is 9.47 Å². The third-order valence-corrected chi connectivity index (χ3v) is 10.4. The summed E-state index contributed by atoms with van der Waals surface area (Å²) < 4.78 is 7.92. The highest BCUT2D eigenvalue weighted by Gasteiger charge is 2.44. The molecule has 0 amide bonds. The van der Waals surface area contributed by atoms with E-state index >= 15 is 0 Å². The molecule has 2 saturated carbocycles. The van der Waals surface area contributed by atoms with E-state index in [2.05, 4.69) is 34.1 Å². The molecule has 3 aromatic rings. The molecule has 0 spiro atoms. The minimum atomic E-state index is 0.373. The van der Waals surface area contributed by atoms with Gasteiger partial charge < -0.3 is 15.1 Å². The van der Waals surface area contributed by atoms with Crippen LogP contribution in [0.2, 0.25) is 0 Å². The fourth-order valence-electron chi connectivity index (χ4n) is 7.69. The molecule has 6 nitrogen and oxygen atoms in total. The lowest BCUT2D eigenvalue weighted by Crippen LogP contribution is -2.49. The number of nitrogens with zero attached hydrogens (tertiary/aromatic N) is 4. The average molecular weight is 493 g/mol. The van der Waals surface area contributed by atoms with Crippen molar-refractivity contribution in [2.75, 3.05) is 37.6 Å².